The number of fused-ring (bicyclic) bond motifs is 3. The molecule has 1 aromatic carbocycles. The Balaban J connectivity index is 1.58. The zero-order valence-electron chi connectivity index (χ0n) is 18.0. The van der Waals surface area contributed by atoms with Crippen molar-refractivity contribution >= 4 is 55.4 Å². The number of hydrogen-bond donors (Lipinski definition) is 1. The Kier molecular flexibility index (Phi) is 5.45. The molecule has 2 amide bonds. The van der Waals surface area contributed by atoms with Gasteiger partial charge in [0.15, 0.2) is 0 Å². The average Bonchev–Trinajstić information content (AvgIpc) is 3.21. The smallest absolute Gasteiger partial charge is 0.272 e. The number of nitrogen functional groups attached to an aromatic ring is 1. The van der Waals surface area contributed by atoms with Crippen molar-refractivity contribution in [2.75, 3.05) is 12.3 Å². The second kappa shape index (κ2) is 8.43. The van der Waals surface area contributed by atoms with E-state index in [9.17, 15) is 9.59 Å². The zero-order valence-corrected chi connectivity index (χ0v) is 19.6. The molecule has 1 fully saturated rings. The number of benzene rings is 1. The third-order valence-corrected chi connectivity index (χ3v) is 6.35. The number of hydrazine groups is 1. The summed E-state index contributed by atoms with van der Waals surface area (Å²) in [5.41, 5.74) is 8.72. The van der Waals surface area contributed by atoms with Gasteiger partial charge in [-0.2, -0.15) is 5.10 Å². The van der Waals surface area contributed by atoms with Crippen molar-refractivity contribution in [1.82, 2.24) is 29.8 Å². The lowest BCUT2D eigenvalue weighted by Crippen LogP contribution is -2.51. The minimum Gasteiger partial charge on any atom is -0.383 e. The van der Waals surface area contributed by atoms with Crippen LogP contribution in [0.1, 0.15) is 35.3 Å². The molecule has 5 rings (SSSR count). The summed E-state index contributed by atoms with van der Waals surface area (Å²) in [7, 11) is 1.83. The fourth-order valence-electron chi connectivity index (χ4n) is 4.21. The van der Waals surface area contributed by atoms with Gasteiger partial charge in [0.1, 0.15) is 5.82 Å². The van der Waals surface area contributed by atoms with Gasteiger partial charge in [0.2, 0.25) is 5.91 Å². The first-order valence-electron chi connectivity index (χ1n) is 10.7. The van der Waals surface area contributed by atoms with E-state index in [2.05, 4.69) is 31.0 Å². The number of piperidine rings is 1. The van der Waals surface area contributed by atoms with Crippen LogP contribution in [0.2, 0.25) is 0 Å². The monoisotopic (exact) mass is 507 g/mol. The summed E-state index contributed by atoms with van der Waals surface area (Å²) in [5, 5.41) is 8.87. The number of hydrogen-bond acceptors (Lipinski definition) is 6. The third kappa shape index (κ3) is 3.91. The number of carbonyl (C=O) groups excluding carboxylic acids is 2. The molecule has 4 aromatic rings. The maximum atomic E-state index is 13.8. The number of aromatic nitrogens is 4. The summed E-state index contributed by atoms with van der Waals surface area (Å²) in [6.45, 7) is 0.690. The first-order chi connectivity index (χ1) is 15.9. The number of rotatable bonds is 4. The molecule has 3 aromatic heterocycles. The number of amides is 2. The summed E-state index contributed by atoms with van der Waals surface area (Å²) < 4.78 is 2.57. The van der Waals surface area contributed by atoms with Crippen LogP contribution in [0.5, 0.6) is 0 Å². The van der Waals surface area contributed by atoms with Crippen molar-refractivity contribution < 1.29 is 9.59 Å². The van der Waals surface area contributed by atoms with E-state index in [1.165, 1.54) is 5.01 Å². The lowest BCUT2D eigenvalue weighted by atomic mass is 10.1. The van der Waals surface area contributed by atoms with Crippen LogP contribution < -0.4 is 5.73 Å². The van der Waals surface area contributed by atoms with Crippen molar-refractivity contribution in [3.05, 3.63) is 58.5 Å². The minimum absolute atomic E-state index is 0.0593. The molecule has 0 radical (unpaired) electrons. The van der Waals surface area contributed by atoms with Crippen LogP contribution in [0, 0.1) is 0 Å². The van der Waals surface area contributed by atoms with Crippen LogP contribution >= 0.6 is 15.9 Å². The molecule has 1 saturated heterocycles. The Hall–Kier alpha value is -3.53. The molecular weight excluding hydrogens is 486 g/mol. The lowest BCUT2D eigenvalue weighted by molar-refractivity contribution is -0.148. The molecule has 9 nitrogen and oxygen atoms in total. The van der Waals surface area contributed by atoms with Gasteiger partial charge in [-0.3, -0.25) is 24.3 Å². The summed E-state index contributed by atoms with van der Waals surface area (Å²) >= 11 is 3.38. The Morgan fingerprint density at radius 3 is 2.79 bits per heavy atom. The van der Waals surface area contributed by atoms with Gasteiger partial charge >= 0.3 is 0 Å². The normalized spacial score (nSPS) is 14.2. The fraction of sp³-hybridized carbons (Fsp3) is 0.261. The second-order valence-corrected chi connectivity index (χ2v) is 8.98. The molecule has 1 aliphatic heterocycles. The molecule has 4 heterocycles. The highest BCUT2D eigenvalue weighted by Crippen LogP contribution is 2.29. The third-order valence-electron chi connectivity index (χ3n) is 5.88. The fourth-order valence-corrected chi connectivity index (χ4v) is 4.44. The second-order valence-electron chi connectivity index (χ2n) is 8.06. The van der Waals surface area contributed by atoms with E-state index in [4.69, 9.17) is 5.73 Å². The van der Waals surface area contributed by atoms with Gasteiger partial charge in [-0.25, -0.2) is 9.99 Å². The maximum absolute atomic E-state index is 13.8. The van der Waals surface area contributed by atoms with E-state index in [1.807, 2.05) is 19.2 Å². The highest BCUT2D eigenvalue weighted by molar-refractivity contribution is 9.10. The van der Waals surface area contributed by atoms with Gasteiger partial charge in [-0.15, -0.1) is 0 Å². The Morgan fingerprint density at radius 2 is 2.03 bits per heavy atom. The average molecular weight is 508 g/mol. The number of halogens is 1. The van der Waals surface area contributed by atoms with Crippen molar-refractivity contribution in [3.8, 4) is 0 Å². The molecule has 0 spiro atoms. The Labute approximate surface area is 198 Å². The number of nitrogens with zero attached hydrogens (tertiary/aromatic N) is 6. The standard InChI is InChI=1S/C23H22BrN7O2/c1-29-21-17-10-14(5-8-19(17)28-22(25)18(21)12-27-29)23(33)31(30-9-3-2-4-20(30)32)13-16-7-6-15(24)11-26-16/h5-8,10-12H,2-4,9,13H2,1H3,(H2,25,28). The molecule has 0 saturated carbocycles. The van der Waals surface area contributed by atoms with E-state index < -0.39 is 0 Å². The Morgan fingerprint density at radius 1 is 1.18 bits per heavy atom. The van der Waals surface area contributed by atoms with Gasteiger partial charge in [-0.05, 0) is 59.1 Å². The number of carbonyl (C=O) groups is 2. The van der Waals surface area contributed by atoms with Gasteiger partial charge in [0.05, 0.1) is 34.9 Å². The van der Waals surface area contributed by atoms with Crippen LogP contribution in [0.4, 0.5) is 5.82 Å². The van der Waals surface area contributed by atoms with Crippen LogP contribution in [0.3, 0.4) is 0 Å². The van der Waals surface area contributed by atoms with Crippen LogP contribution in [0.25, 0.3) is 21.8 Å². The van der Waals surface area contributed by atoms with Gasteiger partial charge in [0, 0.05) is 41.6 Å². The molecule has 2 N–H and O–H groups in total. The Bertz CT molecular complexity index is 1380. The molecule has 0 bridgehead atoms. The molecule has 0 aliphatic carbocycles. The van der Waals surface area contributed by atoms with Crippen LogP contribution in [-0.2, 0) is 18.4 Å². The first-order valence-corrected chi connectivity index (χ1v) is 11.4. The summed E-state index contributed by atoms with van der Waals surface area (Å²) in [6.07, 6.45) is 5.45. The number of aryl methyl sites for hydroxylation is 1. The maximum Gasteiger partial charge on any atom is 0.272 e. The lowest BCUT2D eigenvalue weighted by Gasteiger charge is -2.37. The highest BCUT2D eigenvalue weighted by atomic mass is 79.9. The highest BCUT2D eigenvalue weighted by Gasteiger charge is 2.29. The first kappa shape index (κ1) is 21.3. The van der Waals surface area contributed by atoms with Crippen LogP contribution in [-0.4, -0.2) is 48.1 Å². The quantitative estimate of drug-likeness (QED) is 0.453. The van der Waals surface area contributed by atoms with E-state index >= 15 is 0 Å². The predicted octanol–water partition coefficient (Wildman–Crippen LogP) is 3.43. The molecule has 0 atom stereocenters. The summed E-state index contributed by atoms with van der Waals surface area (Å²) in [4.78, 5) is 35.3. The number of pyridine rings is 2. The molecule has 1 aliphatic rings. The van der Waals surface area contributed by atoms with E-state index in [-0.39, 0.29) is 18.4 Å². The summed E-state index contributed by atoms with van der Waals surface area (Å²) in [5.74, 6) is 0.0616. The zero-order chi connectivity index (χ0) is 23.1. The van der Waals surface area contributed by atoms with Crippen molar-refractivity contribution in [3.63, 3.8) is 0 Å². The largest absolute Gasteiger partial charge is 0.383 e. The van der Waals surface area contributed by atoms with Gasteiger partial charge in [-0.1, -0.05) is 0 Å². The molecule has 0 unspecified atom stereocenters. The molecule has 33 heavy (non-hydrogen) atoms. The molecule has 10 heteroatoms. The predicted molar refractivity (Wildman–Crippen MR) is 128 cm³/mol. The topological polar surface area (TPSA) is 110 Å². The van der Waals surface area contributed by atoms with Crippen molar-refractivity contribution in [2.45, 2.75) is 25.8 Å². The van der Waals surface area contributed by atoms with Crippen molar-refractivity contribution in [1.29, 1.82) is 0 Å². The van der Waals surface area contributed by atoms with Gasteiger partial charge in [0.25, 0.3) is 5.91 Å². The molecular formula is C23H22BrN7O2. The molecule has 168 valence electrons. The van der Waals surface area contributed by atoms with Gasteiger partial charge < -0.3 is 5.73 Å². The number of anilines is 1. The SMILES string of the molecule is Cn1ncc2c(N)nc3ccc(C(=O)N(Cc4ccc(Br)cn4)N4CCCCC4=O)cc3c21. The van der Waals surface area contributed by atoms with E-state index in [1.54, 1.807) is 40.3 Å². The van der Waals surface area contributed by atoms with E-state index in [0.29, 0.717) is 35.6 Å². The minimum atomic E-state index is -0.274. The van der Waals surface area contributed by atoms with E-state index in [0.717, 1.165) is 33.6 Å². The van der Waals surface area contributed by atoms with Crippen molar-refractivity contribution in [2.24, 2.45) is 7.05 Å². The summed E-state index contributed by atoms with van der Waals surface area (Å²) in [6, 6.07) is 9.00. The van der Waals surface area contributed by atoms with Crippen LogP contribution in [0.15, 0.2) is 47.2 Å². The number of nitrogens with two attached hydrogens (primary N) is 1.